The molecule has 1 aliphatic carbocycles. The van der Waals surface area contributed by atoms with Crippen molar-refractivity contribution in [1.82, 2.24) is 9.55 Å². The smallest absolute Gasteiger partial charge is 0.305 e. The van der Waals surface area contributed by atoms with E-state index in [1.807, 2.05) is 10.6 Å². The van der Waals surface area contributed by atoms with Crippen molar-refractivity contribution in [2.45, 2.75) is 37.0 Å². The van der Waals surface area contributed by atoms with Gasteiger partial charge in [0, 0.05) is 11.3 Å². The molecule has 1 heterocycles. The van der Waals surface area contributed by atoms with Crippen LogP contribution >= 0.6 is 12.6 Å². The van der Waals surface area contributed by atoms with E-state index in [0.717, 1.165) is 36.7 Å². The molecule has 0 aliphatic heterocycles. The van der Waals surface area contributed by atoms with Gasteiger partial charge in [-0.1, -0.05) is 0 Å². The van der Waals surface area contributed by atoms with Gasteiger partial charge in [0.2, 0.25) is 0 Å². The molecule has 98 valence electrons. The van der Waals surface area contributed by atoms with E-state index in [0.29, 0.717) is 10.8 Å². The third-order valence-electron chi connectivity index (χ3n) is 3.88. The lowest BCUT2D eigenvalue weighted by atomic mass is 9.94. The SMILES string of the molecule is N#Cc1ccc2c(c1)[nH]c(=O)n2C1CCC(S)CC1. The van der Waals surface area contributed by atoms with Crippen molar-refractivity contribution in [3.8, 4) is 6.07 Å². The quantitative estimate of drug-likeness (QED) is 0.785. The van der Waals surface area contributed by atoms with Gasteiger partial charge in [-0.05, 0) is 43.9 Å². The van der Waals surface area contributed by atoms with E-state index in [4.69, 9.17) is 5.26 Å². The highest BCUT2D eigenvalue weighted by Gasteiger charge is 2.23. The number of benzene rings is 1. The Hall–Kier alpha value is -1.67. The van der Waals surface area contributed by atoms with Crippen LogP contribution in [0.3, 0.4) is 0 Å². The molecule has 3 rings (SSSR count). The van der Waals surface area contributed by atoms with Crippen LogP contribution in [0, 0.1) is 11.3 Å². The first-order chi connectivity index (χ1) is 9.19. The molecule has 1 N–H and O–H groups in total. The van der Waals surface area contributed by atoms with E-state index >= 15 is 0 Å². The maximum Gasteiger partial charge on any atom is 0.326 e. The lowest BCUT2D eigenvalue weighted by molar-refractivity contribution is 0.361. The van der Waals surface area contributed by atoms with Gasteiger partial charge in [-0.15, -0.1) is 0 Å². The second-order valence-electron chi connectivity index (χ2n) is 5.11. The molecule has 0 atom stereocenters. The van der Waals surface area contributed by atoms with Crippen LogP contribution in [0.2, 0.25) is 0 Å². The first-order valence-corrected chi connectivity index (χ1v) is 7.03. The Kier molecular flexibility index (Phi) is 3.11. The largest absolute Gasteiger partial charge is 0.326 e. The molecule has 0 unspecified atom stereocenters. The third-order valence-corrected chi connectivity index (χ3v) is 4.39. The van der Waals surface area contributed by atoms with Gasteiger partial charge in [0.05, 0.1) is 22.7 Å². The molecule has 0 amide bonds. The number of fused-ring (bicyclic) bond motifs is 1. The minimum Gasteiger partial charge on any atom is -0.305 e. The van der Waals surface area contributed by atoms with Crippen LogP contribution in [0.5, 0.6) is 0 Å². The molecule has 1 aliphatic rings. The molecule has 5 heteroatoms. The standard InChI is InChI=1S/C14H15N3OS/c15-8-9-1-6-13-12(7-9)16-14(18)17(13)10-2-4-11(19)5-3-10/h1,6-7,10-11,19H,2-5H2,(H,16,18). The predicted molar refractivity (Wildman–Crippen MR) is 77.6 cm³/mol. The summed E-state index contributed by atoms with van der Waals surface area (Å²) in [5.74, 6) is 0. The minimum absolute atomic E-state index is 0.0762. The van der Waals surface area contributed by atoms with E-state index < -0.39 is 0 Å². The number of nitrogens with one attached hydrogen (secondary N) is 1. The van der Waals surface area contributed by atoms with Gasteiger partial charge in [0.1, 0.15) is 0 Å². The van der Waals surface area contributed by atoms with E-state index in [1.54, 1.807) is 12.1 Å². The number of aromatic nitrogens is 2. The molecule has 1 aromatic heterocycles. The number of nitrogens with zero attached hydrogens (tertiary/aromatic N) is 2. The second kappa shape index (κ2) is 4.78. The number of thiol groups is 1. The number of H-pyrrole nitrogens is 1. The molecule has 1 fully saturated rings. The molecule has 0 spiro atoms. The summed E-state index contributed by atoms with van der Waals surface area (Å²) in [6.07, 6.45) is 4.06. The summed E-state index contributed by atoms with van der Waals surface area (Å²) in [7, 11) is 0. The van der Waals surface area contributed by atoms with Crippen LogP contribution in [-0.2, 0) is 0 Å². The van der Waals surface area contributed by atoms with Gasteiger partial charge < -0.3 is 4.98 Å². The lowest BCUT2D eigenvalue weighted by Gasteiger charge is -2.26. The fourth-order valence-corrected chi connectivity index (χ4v) is 3.18. The second-order valence-corrected chi connectivity index (χ2v) is 5.84. The first kappa shape index (κ1) is 12.4. The summed E-state index contributed by atoms with van der Waals surface area (Å²) in [5, 5.41) is 9.35. The average Bonchev–Trinajstić information content (AvgIpc) is 2.74. The van der Waals surface area contributed by atoms with Crippen molar-refractivity contribution >= 4 is 23.7 Å². The number of nitriles is 1. The molecule has 0 bridgehead atoms. The van der Waals surface area contributed by atoms with E-state index in [-0.39, 0.29) is 11.7 Å². The fourth-order valence-electron chi connectivity index (χ4n) is 2.88. The zero-order chi connectivity index (χ0) is 13.4. The first-order valence-electron chi connectivity index (χ1n) is 6.51. The Morgan fingerprint density at radius 2 is 2.05 bits per heavy atom. The van der Waals surface area contributed by atoms with Gasteiger partial charge in [0.15, 0.2) is 0 Å². The van der Waals surface area contributed by atoms with E-state index in [2.05, 4.69) is 23.7 Å². The highest BCUT2D eigenvalue weighted by Crippen LogP contribution is 2.31. The van der Waals surface area contributed by atoms with Crippen molar-refractivity contribution in [3.05, 3.63) is 34.2 Å². The van der Waals surface area contributed by atoms with Gasteiger partial charge in [0.25, 0.3) is 0 Å². The summed E-state index contributed by atoms with van der Waals surface area (Å²) in [4.78, 5) is 15.0. The molecule has 1 saturated carbocycles. The highest BCUT2D eigenvalue weighted by molar-refractivity contribution is 7.80. The highest BCUT2D eigenvalue weighted by atomic mass is 32.1. The van der Waals surface area contributed by atoms with Crippen molar-refractivity contribution in [2.75, 3.05) is 0 Å². The van der Waals surface area contributed by atoms with Crippen LogP contribution in [0.15, 0.2) is 23.0 Å². The molecule has 1 aromatic carbocycles. The average molecular weight is 273 g/mol. The fraction of sp³-hybridized carbons (Fsp3) is 0.429. The normalized spacial score (nSPS) is 23.4. The number of aromatic amines is 1. The summed E-state index contributed by atoms with van der Waals surface area (Å²) in [5.41, 5.74) is 2.14. The molecule has 19 heavy (non-hydrogen) atoms. The molecule has 2 aromatic rings. The Morgan fingerprint density at radius 1 is 1.32 bits per heavy atom. The summed E-state index contributed by atoms with van der Waals surface area (Å²) in [6, 6.07) is 7.69. The zero-order valence-corrected chi connectivity index (χ0v) is 11.4. The predicted octanol–water partition coefficient (Wildman–Crippen LogP) is 2.61. The monoisotopic (exact) mass is 273 g/mol. The third kappa shape index (κ3) is 2.17. The van der Waals surface area contributed by atoms with Crippen LogP contribution in [0.1, 0.15) is 37.3 Å². The van der Waals surface area contributed by atoms with Crippen molar-refractivity contribution < 1.29 is 0 Å². The number of imidazole rings is 1. The summed E-state index contributed by atoms with van der Waals surface area (Å²) < 4.78 is 1.84. The van der Waals surface area contributed by atoms with Crippen LogP contribution in [-0.4, -0.2) is 14.8 Å². The van der Waals surface area contributed by atoms with Crippen LogP contribution in [0.4, 0.5) is 0 Å². The Balaban J connectivity index is 2.06. The van der Waals surface area contributed by atoms with Crippen molar-refractivity contribution in [2.24, 2.45) is 0 Å². The summed E-state index contributed by atoms with van der Waals surface area (Å²) in [6.45, 7) is 0. The van der Waals surface area contributed by atoms with Crippen LogP contribution in [0.25, 0.3) is 11.0 Å². The minimum atomic E-state index is -0.0762. The topological polar surface area (TPSA) is 61.6 Å². The van der Waals surface area contributed by atoms with Gasteiger partial charge in [-0.25, -0.2) is 4.79 Å². The molecule has 4 nitrogen and oxygen atoms in total. The maximum absolute atomic E-state index is 12.1. The lowest BCUT2D eigenvalue weighted by Crippen LogP contribution is -2.26. The molecule has 0 saturated heterocycles. The Labute approximate surface area is 116 Å². The molecule has 0 radical (unpaired) electrons. The van der Waals surface area contributed by atoms with Gasteiger partial charge >= 0.3 is 5.69 Å². The summed E-state index contributed by atoms with van der Waals surface area (Å²) >= 11 is 4.49. The number of hydrogen-bond acceptors (Lipinski definition) is 3. The van der Waals surface area contributed by atoms with Crippen molar-refractivity contribution in [3.63, 3.8) is 0 Å². The molecular formula is C14H15N3OS. The number of hydrogen-bond donors (Lipinski definition) is 2. The molecular weight excluding hydrogens is 258 g/mol. The Morgan fingerprint density at radius 3 is 2.74 bits per heavy atom. The van der Waals surface area contributed by atoms with Gasteiger partial charge in [-0.3, -0.25) is 4.57 Å². The van der Waals surface area contributed by atoms with E-state index in [1.165, 1.54) is 0 Å². The van der Waals surface area contributed by atoms with E-state index in [9.17, 15) is 4.79 Å². The Bertz CT molecular complexity index is 702. The van der Waals surface area contributed by atoms with Gasteiger partial charge in [-0.2, -0.15) is 17.9 Å². The zero-order valence-electron chi connectivity index (χ0n) is 10.5. The maximum atomic E-state index is 12.1. The van der Waals surface area contributed by atoms with Crippen molar-refractivity contribution in [1.29, 1.82) is 5.26 Å². The number of rotatable bonds is 1. The van der Waals surface area contributed by atoms with Crippen LogP contribution < -0.4 is 5.69 Å².